The number of hydrogen-bond acceptors (Lipinski definition) is 3. The highest BCUT2D eigenvalue weighted by atomic mass is 79.9. The number of nitrogens with zero attached hydrogens (tertiary/aromatic N) is 1. The van der Waals surface area contributed by atoms with Gasteiger partial charge < -0.3 is 15.7 Å². The summed E-state index contributed by atoms with van der Waals surface area (Å²) in [5.41, 5.74) is 1.25. The number of amides is 2. The van der Waals surface area contributed by atoms with E-state index in [1.807, 2.05) is 6.07 Å². The lowest BCUT2D eigenvalue weighted by Gasteiger charge is -2.08. The first-order valence-electron chi connectivity index (χ1n) is 6.03. The van der Waals surface area contributed by atoms with Crippen molar-refractivity contribution < 1.29 is 14.7 Å². The normalized spacial score (nSPS) is 9.95. The Labute approximate surface area is 129 Å². The molecule has 0 unspecified atom stereocenters. The van der Waals surface area contributed by atoms with E-state index in [2.05, 4.69) is 31.5 Å². The Hall–Kier alpha value is -2.41. The molecule has 0 saturated carbocycles. The second-order valence-corrected chi connectivity index (χ2v) is 5.07. The summed E-state index contributed by atoms with van der Waals surface area (Å²) < 4.78 is 0.858. The molecule has 3 N–H and O–H groups in total. The number of nitrogens with one attached hydrogen (secondary N) is 2. The number of rotatable bonds is 4. The molecule has 0 saturated heterocycles. The number of aromatic nitrogens is 1. The number of carboxylic acids is 1. The SMILES string of the molecule is O=C(NCc1cc(C(=O)O)ccn1)Nc1cccc(Br)c1. The van der Waals surface area contributed by atoms with E-state index in [1.54, 1.807) is 18.2 Å². The fourth-order valence-corrected chi connectivity index (χ4v) is 2.02. The summed E-state index contributed by atoms with van der Waals surface area (Å²) in [5.74, 6) is -1.03. The lowest BCUT2D eigenvalue weighted by molar-refractivity contribution is 0.0696. The average molecular weight is 350 g/mol. The number of carbonyl (C=O) groups is 2. The van der Waals surface area contributed by atoms with E-state index in [0.29, 0.717) is 11.4 Å². The molecular weight excluding hydrogens is 338 g/mol. The molecule has 0 spiro atoms. The molecule has 0 aliphatic carbocycles. The first-order chi connectivity index (χ1) is 10.0. The molecule has 2 amide bonds. The second kappa shape index (κ2) is 6.85. The highest BCUT2D eigenvalue weighted by Crippen LogP contribution is 2.15. The minimum atomic E-state index is -1.03. The van der Waals surface area contributed by atoms with E-state index in [-0.39, 0.29) is 12.1 Å². The third kappa shape index (κ3) is 4.57. The Bertz CT molecular complexity index is 676. The van der Waals surface area contributed by atoms with Crippen molar-refractivity contribution in [1.82, 2.24) is 10.3 Å². The van der Waals surface area contributed by atoms with Crippen LogP contribution in [-0.4, -0.2) is 22.1 Å². The average Bonchev–Trinajstić information content (AvgIpc) is 2.45. The molecule has 0 fully saturated rings. The number of pyridine rings is 1. The zero-order valence-corrected chi connectivity index (χ0v) is 12.4. The van der Waals surface area contributed by atoms with Gasteiger partial charge in [-0.25, -0.2) is 9.59 Å². The molecule has 2 rings (SSSR count). The summed E-state index contributed by atoms with van der Waals surface area (Å²) in [5, 5.41) is 14.2. The molecule has 2 aromatic rings. The Morgan fingerprint density at radius 2 is 2.05 bits per heavy atom. The van der Waals surface area contributed by atoms with Crippen LogP contribution in [-0.2, 0) is 6.54 Å². The maximum Gasteiger partial charge on any atom is 0.335 e. The molecule has 1 aromatic carbocycles. The van der Waals surface area contributed by atoms with Gasteiger partial charge >= 0.3 is 12.0 Å². The molecule has 0 aliphatic heterocycles. The molecule has 0 atom stereocenters. The standard InChI is InChI=1S/C14H12BrN3O3/c15-10-2-1-3-11(7-10)18-14(21)17-8-12-6-9(13(19)20)4-5-16-12/h1-7H,8H2,(H,19,20)(H2,17,18,21). The summed E-state index contributed by atoms with van der Waals surface area (Å²) >= 11 is 3.31. The van der Waals surface area contributed by atoms with Crippen molar-refractivity contribution in [3.05, 3.63) is 58.3 Å². The fraction of sp³-hybridized carbons (Fsp3) is 0.0714. The van der Waals surface area contributed by atoms with Crippen LogP contribution < -0.4 is 10.6 Å². The second-order valence-electron chi connectivity index (χ2n) is 4.16. The lowest BCUT2D eigenvalue weighted by atomic mass is 10.2. The van der Waals surface area contributed by atoms with Gasteiger partial charge in [-0.1, -0.05) is 22.0 Å². The zero-order chi connectivity index (χ0) is 15.2. The van der Waals surface area contributed by atoms with Gasteiger partial charge in [-0.2, -0.15) is 0 Å². The highest BCUT2D eigenvalue weighted by Gasteiger charge is 2.06. The topological polar surface area (TPSA) is 91.3 Å². The Kier molecular flexibility index (Phi) is 4.89. The number of aromatic carboxylic acids is 1. The van der Waals surface area contributed by atoms with Gasteiger partial charge in [-0.3, -0.25) is 4.98 Å². The van der Waals surface area contributed by atoms with E-state index >= 15 is 0 Å². The minimum Gasteiger partial charge on any atom is -0.478 e. The van der Waals surface area contributed by atoms with E-state index in [1.165, 1.54) is 18.3 Å². The van der Waals surface area contributed by atoms with Crippen LogP contribution in [0.2, 0.25) is 0 Å². The number of urea groups is 1. The van der Waals surface area contributed by atoms with Gasteiger partial charge in [-0.05, 0) is 30.3 Å². The summed E-state index contributed by atoms with van der Waals surface area (Å²) in [6, 6.07) is 9.60. The predicted molar refractivity (Wildman–Crippen MR) is 81.2 cm³/mol. The molecule has 108 valence electrons. The van der Waals surface area contributed by atoms with Crippen LogP contribution in [0.5, 0.6) is 0 Å². The number of carbonyl (C=O) groups excluding carboxylic acids is 1. The third-order valence-electron chi connectivity index (χ3n) is 2.58. The van der Waals surface area contributed by atoms with E-state index < -0.39 is 12.0 Å². The number of carboxylic acid groups (broad SMARTS) is 1. The van der Waals surface area contributed by atoms with Crippen LogP contribution in [0.4, 0.5) is 10.5 Å². The molecule has 21 heavy (non-hydrogen) atoms. The number of benzene rings is 1. The van der Waals surface area contributed by atoms with Crippen molar-refractivity contribution >= 4 is 33.6 Å². The predicted octanol–water partition coefficient (Wildman–Crippen LogP) is 2.86. The van der Waals surface area contributed by atoms with Crippen LogP contribution in [0, 0.1) is 0 Å². The molecule has 1 heterocycles. The maximum absolute atomic E-state index is 11.7. The Balaban J connectivity index is 1.92. The summed E-state index contributed by atoms with van der Waals surface area (Å²) in [7, 11) is 0. The Morgan fingerprint density at radius 3 is 2.76 bits per heavy atom. The van der Waals surface area contributed by atoms with Crippen molar-refractivity contribution in [2.75, 3.05) is 5.32 Å². The van der Waals surface area contributed by atoms with Crippen LogP contribution in [0.25, 0.3) is 0 Å². The number of halogens is 1. The van der Waals surface area contributed by atoms with Gasteiger partial charge in [0.05, 0.1) is 17.8 Å². The molecule has 7 heteroatoms. The van der Waals surface area contributed by atoms with E-state index in [4.69, 9.17) is 5.11 Å². The van der Waals surface area contributed by atoms with Gasteiger partial charge in [0.2, 0.25) is 0 Å². The maximum atomic E-state index is 11.7. The van der Waals surface area contributed by atoms with Crippen molar-refractivity contribution in [3.8, 4) is 0 Å². The first-order valence-corrected chi connectivity index (χ1v) is 6.82. The van der Waals surface area contributed by atoms with Gasteiger partial charge in [0.25, 0.3) is 0 Å². The van der Waals surface area contributed by atoms with Crippen molar-refractivity contribution in [2.45, 2.75) is 6.54 Å². The molecule has 0 radical (unpaired) electrons. The van der Waals surface area contributed by atoms with Gasteiger partial charge in [0.15, 0.2) is 0 Å². The van der Waals surface area contributed by atoms with E-state index in [0.717, 1.165) is 4.47 Å². The smallest absolute Gasteiger partial charge is 0.335 e. The third-order valence-corrected chi connectivity index (χ3v) is 3.07. The van der Waals surface area contributed by atoms with Gasteiger partial charge in [0.1, 0.15) is 0 Å². The van der Waals surface area contributed by atoms with Crippen LogP contribution in [0.15, 0.2) is 47.1 Å². The van der Waals surface area contributed by atoms with Crippen molar-refractivity contribution in [2.24, 2.45) is 0 Å². The van der Waals surface area contributed by atoms with Crippen molar-refractivity contribution in [3.63, 3.8) is 0 Å². The number of anilines is 1. The molecule has 0 aliphatic rings. The largest absolute Gasteiger partial charge is 0.478 e. The summed E-state index contributed by atoms with van der Waals surface area (Å²) in [4.78, 5) is 26.6. The van der Waals surface area contributed by atoms with Gasteiger partial charge in [0, 0.05) is 16.4 Å². The zero-order valence-electron chi connectivity index (χ0n) is 10.8. The quantitative estimate of drug-likeness (QED) is 0.791. The van der Waals surface area contributed by atoms with Crippen LogP contribution in [0.3, 0.4) is 0 Å². The summed E-state index contributed by atoms with van der Waals surface area (Å²) in [6.45, 7) is 0.140. The monoisotopic (exact) mass is 349 g/mol. The first kappa shape index (κ1) is 15.0. The van der Waals surface area contributed by atoms with Crippen molar-refractivity contribution in [1.29, 1.82) is 0 Å². The minimum absolute atomic E-state index is 0.134. The van der Waals surface area contributed by atoms with E-state index in [9.17, 15) is 9.59 Å². The van der Waals surface area contributed by atoms with Gasteiger partial charge in [-0.15, -0.1) is 0 Å². The molecular formula is C14H12BrN3O3. The highest BCUT2D eigenvalue weighted by molar-refractivity contribution is 9.10. The summed E-state index contributed by atoms with van der Waals surface area (Å²) in [6.07, 6.45) is 1.40. The number of hydrogen-bond donors (Lipinski definition) is 3. The molecule has 0 bridgehead atoms. The molecule has 6 nitrogen and oxygen atoms in total. The fourth-order valence-electron chi connectivity index (χ4n) is 1.62. The van der Waals surface area contributed by atoms with Crippen LogP contribution in [0.1, 0.15) is 16.1 Å². The molecule has 1 aromatic heterocycles. The Morgan fingerprint density at radius 1 is 1.24 bits per heavy atom. The van der Waals surface area contributed by atoms with Crippen LogP contribution >= 0.6 is 15.9 Å². The lowest BCUT2D eigenvalue weighted by Crippen LogP contribution is -2.28.